The molecule has 1 fully saturated rings. The number of carbonyl (C=O) groups is 4. The molecule has 0 aromatic rings. The largest absolute Gasteiger partial charge is 0.463 e. The molecule has 1 rings (SSSR count). The van der Waals surface area contributed by atoms with E-state index in [0.29, 0.717) is 0 Å². The maximum absolute atomic E-state index is 11.4. The summed E-state index contributed by atoms with van der Waals surface area (Å²) in [6.07, 6.45) is 1.55. The summed E-state index contributed by atoms with van der Waals surface area (Å²) in [4.78, 5) is 44.3. The highest BCUT2D eigenvalue weighted by molar-refractivity contribution is 5.81. The normalized spacial score (nSPS) is 20.1. The summed E-state index contributed by atoms with van der Waals surface area (Å²) in [6, 6.07) is 0. The lowest BCUT2D eigenvalue weighted by Gasteiger charge is -2.14. The van der Waals surface area contributed by atoms with Crippen molar-refractivity contribution in [2.45, 2.75) is 64.6 Å². The van der Waals surface area contributed by atoms with Crippen molar-refractivity contribution < 1.29 is 33.4 Å². The van der Waals surface area contributed by atoms with Crippen molar-refractivity contribution in [1.82, 2.24) is 0 Å². The van der Waals surface area contributed by atoms with Crippen LogP contribution < -0.4 is 0 Å². The second-order valence-electron chi connectivity index (χ2n) is 5.73. The Morgan fingerprint density at radius 2 is 1.17 bits per heavy atom. The molecule has 0 spiro atoms. The van der Waals surface area contributed by atoms with Gasteiger partial charge in [0.25, 0.3) is 0 Å². The Morgan fingerprint density at radius 1 is 0.783 bits per heavy atom. The Morgan fingerprint density at radius 3 is 1.52 bits per heavy atom. The summed E-state index contributed by atoms with van der Waals surface area (Å²) in [6.45, 7) is 3.14. The number of carbonyl (C=O) groups excluding carboxylic acids is 4. The van der Waals surface area contributed by atoms with Crippen molar-refractivity contribution in [1.29, 1.82) is 0 Å². The second kappa shape index (κ2) is 10.1. The van der Waals surface area contributed by atoms with Gasteiger partial charge >= 0.3 is 11.9 Å². The molecule has 0 aromatic carbocycles. The van der Waals surface area contributed by atoms with E-state index in [1.165, 1.54) is 13.8 Å². The minimum atomic E-state index is -0.414. The van der Waals surface area contributed by atoms with Crippen molar-refractivity contribution in [3.8, 4) is 0 Å². The molecule has 7 heteroatoms. The highest BCUT2D eigenvalue weighted by Crippen LogP contribution is 2.20. The lowest BCUT2D eigenvalue weighted by atomic mass is 10.2. The summed E-state index contributed by atoms with van der Waals surface area (Å²) in [7, 11) is 0. The first-order valence-corrected chi connectivity index (χ1v) is 7.82. The van der Waals surface area contributed by atoms with Crippen LogP contribution in [-0.4, -0.2) is 48.9 Å². The summed E-state index contributed by atoms with van der Waals surface area (Å²) in [5.74, 6) is -0.928. The number of rotatable bonds is 10. The van der Waals surface area contributed by atoms with Crippen molar-refractivity contribution in [2.75, 3.05) is 13.2 Å². The number of ketones is 2. The van der Waals surface area contributed by atoms with Gasteiger partial charge in [0, 0.05) is 12.8 Å². The minimum Gasteiger partial charge on any atom is -0.463 e. The average Bonchev–Trinajstić information content (AvgIpc) is 2.94. The van der Waals surface area contributed by atoms with Crippen LogP contribution >= 0.6 is 0 Å². The Balaban J connectivity index is 2.13. The third-order valence-corrected chi connectivity index (χ3v) is 3.42. The van der Waals surface area contributed by atoms with Gasteiger partial charge in [-0.05, 0) is 26.7 Å². The summed E-state index contributed by atoms with van der Waals surface area (Å²) >= 11 is 0. The van der Waals surface area contributed by atoms with Crippen LogP contribution in [0.5, 0.6) is 0 Å². The molecule has 0 N–H and O–H groups in total. The van der Waals surface area contributed by atoms with Gasteiger partial charge in [-0.15, -0.1) is 0 Å². The Bertz CT molecular complexity index is 404. The molecule has 2 atom stereocenters. The Labute approximate surface area is 135 Å². The molecule has 1 aliphatic rings. The monoisotopic (exact) mass is 328 g/mol. The van der Waals surface area contributed by atoms with Crippen LogP contribution in [0.4, 0.5) is 0 Å². The van der Waals surface area contributed by atoms with E-state index >= 15 is 0 Å². The molecule has 1 heterocycles. The van der Waals surface area contributed by atoms with Gasteiger partial charge < -0.3 is 23.8 Å². The van der Waals surface area contributed by atoms with Gasteiger partial charge in [-0.2, -0.15) is 0 Å². The van der Waals surface area contributed by atoms with E-state index in [1.54, 1.807) is 0 Å². The molecule has 23 heavy (non-hydrogen) atoms. The highest BCUT2D eigenvalue weighted by Gasteiger charge is 2.27. The zero-order chi connectivity index (χ0) is 17.2. The first-order valence-electron chi connectivity index (χ1n) is 7.82. The summed E-state index contributed by atoms with van der Waals surface area (Å²) in [5, 5.41) is 0. The molecule has 0 saturated carbocycles. The standard InChI is InChI=1S/C16H24O7/c1-11(17)3-7-15(19)21-9-13-5-6-14(23-13)10-22-16(20)8-4-12(2)18/h13-14H,3-10H2,1-2H3. The van der Waals surface area contributed by atoms with Crippen LogP contribution in [-0.2, 0) is 33.4 Å². The minimum absolute atomic E-state index is 0.0503. The first kappa shape index (κ1) is 19.3. The van der Waals surface area contributed by atoms with Gasteiger partial charge in [-0.3, -0.25) is 9.59 Å². The van der Waals surface area contributed by atoms with Gasteiger partial charge in [-0.1, -0.05) is 0 Å². The molecular weight excluding hydrogens is 304 g/mol. The fourth-order valence-corrected chi connectivity index (χ4v) is 2.10. The molecule has 1 aliphatic heterocycles. The molecule has 1 saturated heterocycles. The number of hydrogen-bond acceptors (Lipinski definition) is 7. The fraction of sp³-hybridized carbons (Fsp3) is 0.750. The van der Waals surface area contributed by atoms with Crippen LogP contribution in [0.15, 0.2) is 0 Å². The van der Waals surface area contributed by atoms with E-state index in [9.17, 15) is 19.2 Å². The van der Waals surface area contributed by atoms with E-state index in [-0.39, 0.29) is 62.7 Å². The van der Waals surface area contributed by atoms with E-state index < -0.39 is 11.9 Å². The number of Topliss-reactive ketones (excluding diaryl/α,β-unsaturated/α-hetero) is 2. The van der Waals surface area contributed by atoms with E-state index in [2.05, 4.69) is 0 Å². The van der Waals surface area contributed by atoms with Crippen LogP contribution in [0.2, 0.25) is 0 Å². The predicted molar refractivity (Wildman–Crippen MR) is 79.6 cm³/mol. The van der Waals surface area contributed by atoms with Crippen LogP contribution in [0.1, 0.15) is 52.4 Å². The Kier molecular flexibility index (Phi) is 8.47. The molecule has 0 bridgehead atoms. The Hall–Kier alpha value is -1.76. The van der Waals surface area contributed by atoms with Crippen LogP contribution in [0, 0.1) is 0 Å². The second-order valence-corrected chi connectivity index (χ2v) is 5.73. The maximum Gasteiger partial charge on any atom is 0.306 e. The number of hydrogen-bond donors (Lipinski definition) is 0. The molecule has 0 aliphatic carbocycles. The molecular formula is C16H24O7. The lowest BCUT2D eigenvalue weighted by Crippen LogP contribution is -2.23. The van der Waals surface area contributed by atoms with Crippen molar-refractivity contribution >= 4 is 23.5 Å². The average molecular weight is 328 g/mol. The fourth-order valence-electron chi connectivity index (χ4n) is 2.10. The summed E-state index contributed by atoms with van der Waals surface area (Å²) < 4.78 is 15.7. The molecule has 130 valence electrons. The van der Waals surface area contributed by atoms with Crippen molar-refractivity contribution in [3.63, 3.8) is 0 Å². The van der Waals surface area contributed by atoms with Gasteiger partial charge in [0.05, 0.1) is 25.0 Å². The number of ether oxygens (including phenoxy) is 3. The van der Waals surface area contributed by atoms with Gasteiger partial charge in [-0.25, -0.2) is 0 Å². The zero-order valence-electron chi connectivity index (χ0n) is 13.7. The third-order valence-electron chi connectivity index (χ3n) is 3.42. The SMILES string of the molecule is CC(=O)CCC(=O)OCC1CCC(COC(=O)CCC(C)=O)O1. The molecule has 0 amide bonds. The molecule has 2 unspecified atom stereocenters. The van der Waals surface area contributed by atoms with Crippen molar-refractivity contribution in [3.05, 3.63) is 0 Å². The number of esters is 2. The molecule has 7 nitrogen and oxygen atoms in total. The topological polar surface area (TPSA) is 96.0 Å². The van der Waals surface area contributed by atoms with Gasteiger partial charge in [0.15, 0.2) is 0 Å². The first-order chi connectivity index (χ1) is 10.9. The van der Waals surface area contributed by atoms with Crippen LogP contribution in [0.25, 0.3) is 0 Å². The molecule has 0 aromatic heterocycles. The zero-order valence-corrected chi connectivity index (χ0v) is 13.7. The van der Waals surface area contributed by atoms with Crippen molar-refractivity contribution in [2.24, 2.45) is 0 Å². The van der Waals surface area contributed by atoms with Gasteiger partial charge in [0.2, 0.25) is 0 Å². The quantitative estimate of drug-likeness (QED) is 0.559. The highest BCUT2D eigenvalue weighted by atomic mass is 16.6. The third kappa shape index (κ3) is 9.07. The summed E-state index contributed by atoms with van der Waals surface area (Å²) in [5.41, 5.74) is 0. The van der Waals surface area contributed by atoms with E-state index in [4.69, 9.17) is 14.2 Å². The molecule has 0 radical (unpaired) electrons. The predicted octanol–water partition coefficient (Wildman–Crippen LogP) is 1.36. The van der Waals surface area contributed by atoms with Crippen LogP contribution in [0.3, 0.4) is 0 Å². The van der Waals surface area contributed by atoms with Gasteiger partial charge in [0.1, 0.15) is 24.8 Å². The van der Waals surface area contributed by atoms with E-state index in [1.807, 2.05) is 0 Å². The smallest absolute Gasteiger partial charge is 0.306 e. The van der Waals surface area contributed by atoms with E-state index in [0.717, 1.165) is 12.8 Å². The maximum atomic E-state index is 11.4. The lowest BCUT2D eigenvalue weighted by molar-refractivity contribution is -0.151.